The third kappa shape index (κ3) is 5.56. The van der Waals surface area contributed by atoms with E-state index in [-0.39, 0.29) is 17.2 Å². The summed E-state index contributed by atoms with van der Waals surface area (Å²) in [6, 6.07) is 12.4. The number of nitrogens with one attached hydrogen (secondary N) is 1. The number of carboxylic acids is 1. The van der Waals surface area contributed by atoms with Crippen LogP contribution in [0, 0.1) is 0 Å². The van der Waals surface area contributed by atoms with Crippen molar-refractivity contribution < 1.29 is 23.1 Å². The predicted octanol–water partition coefficient (Wildman–Crippen LogP) is 2.99. The summed E-state index contributed by atoms with van der Waals surface area (Å²) in [5.41, 5.74) is 1.60. The maximum atomic E-state index is 12.5. The number of carbonyl (C=O) groups excluding carboxylic acids is 1. The van der Waals surface area contributed by atoms with Crippen LogP contribution < -0.4 is 4.72 Å². The van der Waals surface area contributed by atoms with Crippen molar-refractivity contribution in [3.8, 4) is 0 Å². The fraction of sp³-hybridized carbons (Fsp3) is 0.300. The smallest absolute Gasteiger partial charge is 0.303 e. The van der Waals surface area contributed by atoms with E-state index in [4.69, 9.17) is 5.11 Å². The van der Waals surface area contributed by atoms with Gasteiger partial charge in [-0.25, -0.2) is 8.42 Å². The Hall–Kier alpha value is -2.87. The average Bonchev–Trinajstić information content (AvgIpc) is 2.68. The van der Waals surface area contributed by atoms with Crippen LogP contribution >= 0.6 is 0 Å². The Morgan fingerprint density at radius 1 is 0.964 bits per heavy atom. The second kappa shape index (κ2) is 9.36. The highest BCUT2D eigenvalue weighted by Gasteiger charge is 2.16. The molecule has 7 nitrogen and oxygen atoms in total. The SMILES string of the molecule is CCN(CC)C(=O)c1ccc(NS(=O)(=O)c2ccc(CCC(=O)O)cc2)cc1. The fourth-order valence-electron chi connectivity index (χ4n) is 2.67. The molecule has 0 heterocycles. The Balaban J connectivity index is 2.09. The van der Waals surface area contributed by atoms with Crippen LogP contribution in [-0.2, 0) is 21.2 Å². The van der Waals surface area contributed by atoms with Gasteiger partial charge < -0.3 is 10.0 Å². The van der Waals surface area contributed by atoms with Crippen LogP contribution in [0.15, 0.2) is 53.4 Å². The number of carbonyl (C=O) groups is 2. The van der Waals surface area contributed by atoms with E-state index >= 15 is 0 Å². The Bertz CT molecular complexity index is 918. The molecule has 0 saturated heterocycles. The molecular formula is C20H24N2O5S. The Kier molecular flexibility index (Phi) is 7.17. The van der Waals surface area contributed by atoms with E-state index in [1.807, 2.05) is 13.8 Å². The van der Waals surface area contributed by atoms with E-state index < -0.39 is 16.0 Å². The molecule has 1 amide bonds. The lowest BCUT2D eigenvalue weighted by Gasteiger charge is -2.18. The highest BCUT2D eigenvalue weighted by Crippen LogP contribution is 2.18. The van der Waals surface area contributed by atoms with Gasteiger partial charge in [0.05, 0.1) is 4.90 Å². The molecule has 2 rings (SSSR count). The highest BCUT2D eigenvalue weighted by atomic mass is 32.2. The average molecular weight is 404 g/mol. The van der Waals surface area contributed by atoms with Crippen LogP contribution in [0.4, 0.5) is 5.69 Å². The quantitative estimate of drug-likeness (QED) is 0.669. The van der Waals surface area contributed by atoms with Gasteiger partial charge in [0.2, 0.25) is 0 Å². The number of amides is 1. The van der Waals surface area contributed by atoms with Crippen LogP contribution in [0.25, 0.3) is 0 Å². The molecule has 0 fully saturated rings. The van der Waals surface area contributed by atoms with Gasteiger partial charge in [-0.3, -0.25) is 14.3 Å². The number of nitrogens with zero attached hydrogens (tertiary/aromatic N) is 1. The minimum absolute atomic E-state index is 0.0110. The van der Waals surface area contributed by atoms with E-state index in [1.54, 1.807) is 41.3 Å². The molecule has 0 atom stereocenters. The van der Waals surface area contributed by atoms with Crippen LogP contribution in [0.2, 0.25) is 0 Å². The molecule has 0 saturated carbocycles. The summed E-state index contributed by atoms with van der Waals surface area (Å²) in [7, 11) is -3.78. The molecule has 0 aliphatic rings. The van der Waals surface area contributed by atoms with Crippen LogP contribution in [0.1, 0.15) is 36.2 Å². The predicted molar refractivity (Wildman–Crippen MR) is 107 cm³/mol. The summed E-state index contributed by atoms with van der Waals surface area (Å²) in [5.74, 6) is -1.00. The first-order valence-corrected chi connectivity index (χ1v) is 10.5. The van der Waals surface area contributed by atoms with Crippen LogP contribution in [0.3, 0.4) is 0 Å². The molecule has 2 N–H and O–H groups in total. The van der Waals surface area contributed by atoms with Gasteiger partial charge in [-0.2, -0.15) is 0 Å². The van der Waals surface area contributed by atoms with E-state index in [2.05, 4.69) is 4.72 Å². The maximum absolute atomic E-state index is 12.5. The number of benzene rings is 2. The Morgan fingerprint density at radius 2 is 1.54 bits per heavy atom. The molecular weight excluding hydrogens is 380 g/mol. The second-order valence-corrected chi connectivity index (χ2v) is 7.88. The molecule has 0 spiro atoms. The summed E-state index contributed by atoms with van der Waals surface area (Å²) >= 11 is 0. The van der Waals surface area contributed by atoms with Gasteiger partial charge in [0.1, 0.15) is 0 Å². The van der Waals surface area contributed by atoms with E-state index in [9.17, 15) is 18.0 Å². The number of carboxylic acid groups (broad SMARTS) is 1. The summed E-state index contributed by atoms with van der Waals surface area (Å²) in [4.78, 5) is 24.7. The minimum Gasteiger partial charge on any atom is -0.481 e. The molecule has 8 heteroatoms. The number of anilines is 1. The van der Waals surface area contributed by atoms with E-state index in [1.165, 1.54) is 12.1 Å². The van der Waals surface area contributed by atoms with Crippen molar-refractivity contribution in [2.24, 2.45) is 0 Å². The summed E-state index contributed by atoms with van der Waals surface area (Å²) in [6.07, 6.45) is 0.327. The third-order valence-corrected chi connectivity index (χ3v) is 5.69. The number of hydrogen-bond donors (Lipinski definition) is 2. The van der Waals surface area contributed by atoms with Gasteiger partial charge in [0.25, 0.3) is 15.9 Å². The van der Waals surface area contributed by atoms with Gasteiger partial charge in [-0.05, 0) is 62.2 Å². The monoisotopic (exact) mass is 404 g/mol. The molecule has 0 unspecified atom stereocenters. The molecule has 0 aliphatic heterocycles. The molecule has 0 aliphatic carbocycles. The third-order valence-electron chi connectivity index (χ3n) is 4.30. The molecule has 28 heavy (non-hydrogen) atoms. The lowest BCUT2D eigenvalue weighted by Crippen LogP contribution is -2.30. The first kappa shape index (κ1) is 21.4. The van der Waals surface area contributed by atoms with Crippen molar-refractivity contribution in [3.63, 3.8) is 0 Å². The van der Waals surface area contributed by atoms with Crippen LogP contribution in [-0.4, -0.2) is 43.4 Å². The van der Waals surface area contributed by atoms with Crippen molar-refractivity contribution in [2.45, 2.75) is 31.6 Å². The standard InChI is InChI=1S/C20H24N2O5S/c1-3-22(4-2)20(25)16-8-10-17(11-9-16)21-28(26,27)18-12-5-15(6-13-18)7-14-19(23)24/h5-6,8-13,21H,3-4,7,14H2,1-2H3,(H,23,24). The van der Waals surface area contributed by atoms with E-state index in [0.717, 1.165) is 5.56 Å². The molecule has 2 aromatic carbocycles. The topological polar surface area (TPSA) is 104 Å². The van der Waals surface area contributed by atoms with Gasteiger partial charge in [0, 0.05) is 30.8 Å². The van der Waals surface area contributed by atoms with Crippen molar-refractivity contribution in [1.82, 2.24) is 4.90 Å². The fourth-order valence-corrected chi connectivity index (χ4v) is 3.73. The lowest BCUT2D eigenvalue weighted by molar-refractivity contribution is -0.136. The van der Waals surface area contributed by atoms with Gasteiger partial charge in [-0.15, -0.1) is 0 Å². The van der Waals surface area contributed by atoms with Crippen molar-refractivity contribution in [1.29, 1.82) is 0 Å². The number of sulfonamides is 1. The molecule has 0 aromatic heterocycles. The van der Waals surface area contributed by atoms with Gasteiger partial charge >= 0.3 is 5.97 Å². The van der Waals surface area contributed by atoms with Crippen molar-refractivity contribution >= 4 is 27.6 Å². The lowest BCUT2D eigenvalue weighted by atomic mass is 10.1. The molecule has 0 radical (unpaired) electrons. The second-order valence-electron chi connectivity index (χ2n) is 6.20. The van der Waals surface area contributed by atoms with Gasteiger partial charge in [-0.1, -0.05) is 12.1 Å². The molecule has 2 aromatic rings. The zero-order valence-corrected chi connectivity index (χ0v) is 16.7. The maximum Gasteiger partial charge on any atom is 0.303 e. The molecule has 150 valence electrons. The Labute approximate surface area is 165 Å². The van der Waals surface area contributed by atoms with Crippen molar-refractivity contribution in [2.75, 3.05) is 17.8 Å². The number of aryl methyl sites for hydroxylation is 1. The minimum atomic E-state index is -3.78. The normalized spacial score (nSPS) is 11.1. The van der Waals surface area contributed by atoms with Crippen molar-refractivity contribution in [3.05, 3.63) is 59.7 Å². The zero-order chi connectivity index (χ0) is 20.7. The van der Waals surface area contributed by atoms with E-state index in [0.29, 0.717) is 30.8 Å². The van der Waals surface area contributed by atoms with Crippen LogP contribution in [0.5, 0.6) is 0 Å². The first-order chi connectivity index (χ1) is 13.3. The molecule has 0 bridgehead atoms. The highest BCUT2D eigenvalue weighted by molar-refractivity contribution is 7.92. The first-order valence-electron chi connectivity index (χ1n) is 8.99. The van der Waals surface area contributed by atoms with Gasteiger partial charge in [0.15, 0.2) is 0 Å². The Morgan fingerprint density at radius 3 is 2.04 bits per heavy atom. The number of aliphatic carboxylic acids is 1. The summed E-state index contributed by atoms with van der Waals surface area (Å²) in [5, 5.41) is 8.71. The largest absolute Gasteiger partial charge is 0.481 e. The summed E-state index contributed by atoms with van der Waals surface area (Å²) < 4.78 is 27.5. The zero-order valence-electron chi connectivity index (χ0n) is 15.9. The summed E-state index contributed by atoms with van der Waals surface area (Å²) in [6.45, 7) is 5.01. The number of rotatable bonds is 9. The number of hydrogen-bond acceptors (Lipinski definition) is 4.